The highest BCUT2D eigenvalue weighted by Gasteiger charge is 2.47. The molecule has 3 aromatic carbocycles. The number of ketones is 1. The van der Waals surface area contributed by atoms with Gasteiger partial charge >= 0.3 is 0 Å². The summed E-state index contributed by atoms with van der Waals surface area (Å²) in [6, 6.07) is 14.3. The molecule has 1 N–H and O–H groups in total. The third-order valence-electron chi connectivity index (χ3n) is 5.88. The van der Waals surface area contributed by atoms with Crippen LogP contribution in [0.3, 0.4) is 0 Å². The Morgan fingerprint density at radius 1 is 0.886 bits per heavy atom. The van der Waals surface area contributed by atoms with E-state index < -0.39 is 23.5 Å². The van der Waals surface area contributed by atoms with E-state index in [0.29, 0.717) is 28.4 Å². The maximum Gasteiger partial charge on any atom is 0.300 e. The normalized spacial score (nSPS) is 16.9. The lowest BCUT2D eigenvalue weighted by Gasteiger charge is -2.26. The van der Waals surface area contributed by atoms with Crippen molar-refractivity contribution in [2.45, 2.75) is 13.0 Å². The molecule has 1 aliphatic heterocycles. The van der Waals surface area contributed by atoms with E-state index in [1.54, 1.807) is 36.4 Å². The van der Waals surface area contributed by atoms with E-state index in [-0.39, 0.29) is 17.0 Å². The van der Waals surface area contributed by atoms with Crippen LogP contribution in [0.4, 0.5) is 10.1 Å². The molecule has 0 aliphatic carbocycles. The lowest BCUT2D eigenvalue weighted by molar-refractivity contribution is -0.132. The van der Waals surface area contributed by atoms with Gasteiger partial charge in [0.05, 0.1) is 32.9 Å². The minimum Gasteiger partial charge on any atom is -0.507 e. The summed E-state index contributed by atoms with van der Waals surface area (Å²) < 4.78 is 30.0. The minimum absolute atomic E-state index is 0.113. The van der Waals surface area contributed by atoms with Crippen molar-refractivity contribution in [3.63, 3.8) is 0 Å². The maximum absolute atomic E-state index is 13.6. The van der Waals surface area contributed by atoms with Gasteiger partial charge in [-0.05, 0) is 48.9 Å². The topological polar surface area (TPSA) is 85.3 Å². The number of amides is 1. The summed E-state index contributed by atoms with van der Waals surface area (Å²) in [6.07, 6.45) is 0. The molecule has 1 heterocycles. The first-order valence-corrected chi connectivity index (χ1v) is 10.7. The summed E-state index contributed by atoms with van der Waals surface area (Å²) >= 11 is 0. The van der Waals surface area contributed by atoms with Gasteiger partial charge in [0.2, 0.25) is 5.75 Å². The smallest absolute Gasteiger partial charge is 0.300 e. The van der Waals surface area contributed by atoms with Crippen molar-refractivity contribution in [2.24, 2.45) is 0 Å². The van der Waals surface area contributed by atoms with E-state index in [2.05, 4.69) is 0 Å². The Morgan fingerprint density at radius 3 is 1.97 bits per heavy atom. The number of methoxy groups -OCH3 is 3. The van der Waals surface area contributed by atoms with Gasteiger partial charge in [-0.25, -0.2) is 4.39 Å². The molecular weight excluding hydrogens is 453 g/mol. The van der Waals surface area contributed by atoms with Crippen molar-refractivity contribution < 1.29 is 33.3 Å². The number of rotatable bonds is 6. The molecule has 8 heteroatoms. The first-order chi connectivity index (χ1) is 16.8. The van der Waals surface area contributed by atoms with Gasteiger partial charge in [-0.2, -0.15) is 0 Å². The number of nitrogens with zero attached hydrogens (tertiary/aromatic N) is 1. The number of ether oxygens (including phenoxy) is 3. The maximum atomic E-state index is 13.6. The summed E-state index contributed by atoms with van der Waals surface area (Å²) in [6.45, 7) is 1.90. The van der Waals surface area contributed by atoms with Crippen LogP contribution in [0.2, 0.25) is 0 Å². The number of carbonyl (C=O) groups is 2. The second-order valence-electron chi connectivity index (χ2n) is 7.97. The molecule has 1 unspecified atom stereocenters. The zero-order valence-corrected chi connectivity index (χ0v) is 19.7. The monoisotopic (exact) mass is 477 g/mol. The molecule has 1 atom stereocenters. The van der Waals surface area contributed by atoms with Gasteiger partial charge in [0.25, 0.3) is 11.7 Å². The number of aliphatic hydroxyl groups is 1. The van der Waals surface area contributed by atoms with Crippen LogP contribution in [-0.4, -0.2) is 38.1 Å². The molecule has 0 saturated carbocycles. The van der Waals surface area contributed by atoms with Crippen LogP contribution < -0.4 is 19.1 Å². The van der Waals surface area contributed by atoms with Crippen LogP contribution in [-0.2, 0) is 9.59 Å². The van der Waals surface area contributed by atoms with Gasteiger partial charge in [0.15, 0.2) is 11.5 Å². The highest BCUT2D eigenvalue weighted by Crippen LogP contribution is 2.47. The number of aliphatic hydroxyl groups excluding tert-OH is 1. The third-order valence-corrected chi connectivity index (χ3v) is 5.88. The van der Waals surface area contributed by atoms with Crippen molar-refractivity contribution >= 4 is 23.1 Å². The number of aryl methyl sites for hydroxylation is 1. The molecule has 35 heavy (non-hydrogen) atoms. The average molecular weight is 477 g/mol. The van der Waals surface area contributed by atoms with Gasteiger partial charge in [-0.3, -0.25) is 14.5 Å². The number of carbonyl (C=O) groups excluding carboxylic acids is 2. The summed E-state index contributed by atoms with van der Waals surface area (Å²) in [4.78, 5) is 27.8. The van der Waals surface area contributed by atoms with Crippen molar-refractivity contribution in [1.82, 2.24) is 0 Å². The fourth-order valence-electron chi connectivity index (χ4n) is 4.14. The molecule has 1 aliphatic rings. The number of halogens is 1. The predicted molar refractivity (Wildman–Crippen MR) is 128 cm³/mol. The molecule has 180 valence electrons. The molecule has 1 saturated heterocycles. The number of anilines is 1. The van der Waals surface area contributed by atoms with Crippen LogP contribution in [0, 0.1) is 12.7 Å². The standard InChI is InChI=1S/C27H24FNO6/c1-15-5-7-16(8-6-15)24(30)22-23(17-13-20(33-2)26(35-4)21(14-17)34-3)29(27(32)25(22)31)19-11-9-18(28)10-12-19/h5-14,23,30H,1-4H3/b24-22+. The van der Waals surface area contributed by atoms with Crippen LogP contribution >= 0.6 is 0 Å². The molecule has 1 amide bonds. The van der Waals surface area contributed by atoms with Crippen LogP contribution in [0.25, 0.3) is 5.76 Å². The molecule has 0 bridgehead atoms. The van der Waals surface area contributed by atoms with E-state index in [4.69, 9.17) is 14.2 Å². The van der Waals surface area contributed by atoms with E-state index >= 15 is 0 Å². The Labute approximate surface area is 202 Å². The van der Waals surface area contributed by atoms with Crippen molar-refractivity contribution in [2.75, 3.05) is 26.2 Å². The van der Waals surface area contributed by atoms with Crippen LogP contribution in [0.1, 0.15) is 22.7 Å². The second-order valence-corrected chi connectivity index (χ2v) is 7.97. The van der Waals surface area contributed by atoms with Crippen LogP contribution in [0.5, 0.6) is 17.2 Å². The SMILES string of the molecule is COc1cc(C2/C(=C(\O)c3ccc(C)cc3)C(=O)C(=O)N2c2ccc(F)cc2)cc(OC)c1OC. The predicted octanol–water partition coefficient (Wildman–Crippen LogP) is 4.79. The largest absolute Gasteiger partial charge is 0.507 e. The van der Waals surface area contributed by atoms with E-state index in [1.807, 2.05) is 6.92 Å². The van der Waals surface area contributed by atoms with Gasteiger partial charge in [-0.1, -0.05) is 29.8 Å². The molecule has 0 aromatic heterocycles. The highest BCUT2D eigenvalue weighted by molar-refractivity contribution is 6.51. The molecular formula is C27H24FNO6. The molecule has 0 spiro atoms. The summed E-state index contributed by atoms with van der Waals surface area (Å²) in [5, 5.41) is 11.2. The average Bonchev–Trinajstić information content (AvgIpc) is 3.13. The quantitative estimate of drug-likeness (QED) is 0.312. The van der Waals surface area contributed by atoms with Crippen molar-refractivity contribution in [1.29, 1.82) is 0 Å². The first-order valence-electron chi connectivity index (χ1n) is 10.7. The molecule has 3 aromatic rings. The van der Waals surface area contributed by atoms with Gasteiger partial charge in [-0.15, -0.1) is 0 Å². The number of hydrogen-bond donors (Lipinski definition) is 1. The lowest BCUT2D eigenvalue weighted by Crippen LogP contribution is -2.29. The lowest BCUT2D eigenvalue weighted by atomic mass is 9.94. The molecule has 7 nitrogen and oxygen atoms in total. The zero-order valence-electron chi connectivity index (χ0n) is 19.7. The van der Waals surface area contributed by atoms with Gasteiger partial charge < -0.3 is 19.3 Å². The van der Waals surface area contributed by atoms with E-state index in [0.717, 1.165) is 5.56 Å². The van der Waals surface area contributed by atoms with Crippen molar-refractivity contribution in [3.05, 3.63) is 88.7 Å². The van der Waals surface area contributed by atoms with E-state index in [9.17, 15) is 19.1 Å². The fraction of sp³-hybridized carbons (Fsp3) is 0.185. The minimum atomic E-state index is -1.05. The van der Waals surface area contributed by atoms with E-state index in [1.165, 1.54) is 50.5 Å². The van der Waals surface area contributed by atoms with Gasteiger partial charge in [0, 0.05) is 11.3 Å². The van der Waals surface area contributed by atoms with Crippen molar-refractivity contribution in [3.8, 4) is 17.2 Å². The molecule has 0 radical (unpaired) electrons. The summed E-state index contributed by atoms with van der Waals surface area (Å²) in [5.41, 5.74) is 1.95. The zero-order chi connectivity index (χ0) is 25.3. The Bertz CT molecular complexity index is 1290. The third kappa shape index (κ3) is 4.19. The Balaban J connectivity index is 2.00. The number of Topliss-reactive ketones (excluding diaryl/α,β-unsaturated/α-hetero) is 1. The summed E-state index contributed by atoms with van der Waals surface area (Å²) in [7, 11) is 4.36. The highest BCUT2D eigenvalue weighted by atomic mass is 19.1. The Hall–Kier alpha value is -4.33. The Kier molecular flexibility index (Phi) is 6.46. The van der Waals surface area contributed by atoms with Gasteiger partial charge in [0.1, 0.15) is 11.6 Å². The Morgan fingerprint density at radius 2 is 1.46 bits per heavy atom. The molecule has 1 fully saturated rings. The molecule has 4 rings (SSSR count). The number of benzene rings is 3. The fourth-order valence-corrected chi connectivity index (χ4v) is 4.14. The second kappa shape index (κ2) is 9.50. The number of hydrogen-bond acceptors (Lipinski definition) is 6. The summed E-state index contributed by atoms with van der Waals surface area (Å²) in [5.74, 6) is -1.60. The first kappa shape index (κ1) is 23.8. The van der Waals surface area contributed by atoms with Crippen LogP contribution in [0.15, 0.2) is 66.2 Å².